The molecule has 122 valence electrons. The summed E-state index contributed by atoms with van der Waals surface area (Å²) in [5, 5.41) is 4.39. The molecule has 0 aliphatic carbocycles. The molecule has 2 aromatic carbocycles. The van der Waals surface area contributed by atoms with Crippen molar-refractivity contribution < 1.29 is 9.47 Å². The smallest absolute Gasteiger partial charge is 0.173 e. The van der Waals surface area contributed by atoms with Crippen molar-refractivity contribution in [3.63, 3.8) is 0 Å². The van der Waals surface area contributed by atoms with Crippen LogP contribution in [0.2, 0.25) is 5.02 Å². The SMILES string of the molecule is COc1cccc(NC(=S)N(C)CCOc2ccccc2Cl)c1. The van der Waals surface area contributed by atoms with Gasteiger partial charge in [-0.15, -0.1) is 0 Å². The predicted molar refractivity (Wildman–Crippen MR) is 98.8 cm³/mol. The molecule has 0 saturated carbocycles. The number of benzene rings is 2. The van der Waals surface area contributed by atoms with Crippen LogP contribution in [-0.4, -0.2) is 37.3 Å². The summed E-state index contributed by atoms with van der Waals surface area (Å²) in [5.74, 6) is 1.46. The van der Waals surface area contributed by atoms with Crippen LogP contribution < -0.4 is 14.8 Å². The first-order valence-corrected chi connectivity index (χ1v) is 7.92. The monoisotopic (exact) mass is 350 g/mol. The zero-order valence-electron chi connectivity index (χ0n) is 13.1. The molecule has 0 saturated heterocycles. The lowest BCUT2D eigenvalue weighted by Gasteiger charge is -2.21. The molecule has 0 radical (unpaired) electrons. The van der Waals surface area contributed by atoms with Crippen LogP contribution in [0.5, 0.6) is 11.5 Å². The van der Waals surface area contributed by atoms with Crippen molar-refractivity contribution in [2.75, 3.05) is 32.6 Å². The van der Waals surface area contributed by atoms with Gasteiger partial charge in [0.15, 0.2) is 5.11 Å². The number of nitrogens with one attached hydrogen (secondary N) is 1. The number of ether oxygens (including phenoxy) is 2. The molecule has 4 nitrogen and oxygen atoms in total. The van der Waals surface area contributed by atoms with E-state index in [1.807, 2.05) is 54.4 Å². The minimum Gasteiger partial charge on any atom is -0.497 e. The van der Waals surface area contributed by atoms with Gasteiger partial charge < -0.3 is 19.7 Å². The van der Waals surface area contributed by atoms with E-state index in [2.05, 4.69) is 5.32 Å². The highest BCUT2D eigenvalue weighted by atomic mass is 35.5. The van der Waals surface area contributed by atoms with Crippen molar-refractivity contribution in [3.8, 4) is 11.5 Å². The van der Waals surface area contributed by atoms with Gasteiger partial charge in [-0.25, -0.2) is 0 Å². The Labute approximate surface area is 147 Å². The first kappa shape index (κ1) is 17.4. The number of rotatable bonds is 6. The molecule has 1 N–H and O–H groups in total. The highest BCUT2D eigenvalue weighted by Gasteiger charge is 2.06. The fraction of sp³-hybridized carbons (Fsp3) is 0.235. The normalized spacial score (nSPS) is 10.0. The first-order valence-electron chi connectivity index (χ1n) is 7.13. The van der Waals surface area contributed by atoms with Gasteiger partial charge in [0.1, 0.15) is 18.1 Å². The van der Waals surface area contributed by atoms with Crippen molar-refractivity contribution in [1.82, 2.24) is 4.90 Å². The second kappa shape index (κ2) is 8.60. The molecule has 0 unspecified atom stereocenters. The van der Waals surface area contributed by atoms with Crippen molar-refractivity contribution in [2.45, 2.75) is 0 Å². The van der Waals surface area contributed by atoms with E-state index in [-0.39, 0.29) is 0 Å². The van der Waals surface area contributed by atoms with Crippen LogP contribution in [0.1, 0.15) is 0 Å². The molecular weight excluding hydrogens is 332 g/mol. The van der Waals surface area contributed by atoms with Gasteiger partial charge in [0.2, 0.25) is 0 Å². The molecule has 0 fully saturated rings. The number of halogens is 1. The summed E-state index contributed by atoms with van der Waals surface area (Å²) in [4.78, 5) is 1.91. The summed E-state index contributed by atoms with van der Waals surface area (Å²) in [7, 11) is 3.54. The van der Waals surface area contributed by atoms with Crippen LogP contribution in [0.15, 0.2) is 48.5 Å². The Morgan fingerprint density at radius 2 is 2.00 bits per heavy atom. The molecule has 0 atom stereocenters. The topological polar surface area (TPSA) is 33.7 Å². The Balaban J connectivity index is 1.82. The highest BCUT2D eigenvalue weighted by Crippen LogP contribution is 2.23. The Morgan fingerprint density at radius 1 is 1.22 bits per heavy atom. The maximum absolute atomic E-state index is 6.05. The number of methoxy groups -OCH3 is 1. The number of hydrogen-bond donors (Lipinski definition) is 1. The molecule has 0 aromatic heterocycles. The molecule has 0 spiro atoms. The van der Waals surface area contributed by atoms with E-state index in [0.29, 0.717) is 29.0 Å². The van der Waals surface area contributed by atoms with Crippen LogP contribution in [0, 0.1) is 0 Å². The van der Waals surface area contributed by atoms with Crippen molar-refractivity contribution >= 4 is 34.6 Å². The van der Waals surface area contributed by atoms with Crippen LogP contribution >= 0.6 is 23.8 Å². The van der Waals surface area contributed by atoms with Gasteiger partial charge in [0, 0.05) is 18.8 Å². The van der Waals surface area contributed by atoms with Crippen LogP contribution in [0.3, 0.4) is 0 Å². The third kappa shape index (κ3) is 5.30. The number of nitrogens with zero attached hydrogens (tertiary/aromatic N) is 1. The molecule has 2 aromatic rings. The molecule has 0 bridgehead atoms. The van der Waals surface area contributed by atoms with Gasteiger partial charge in [0.25, 0.3) is 0 Å². The number of likely N-dealkylation sites (N-methyl/N-ethyl adjacent to an activating group) is 1. The van der Waals surface area contributed by atoms with Gasteiger partial charge in [0.05, 0.1) is 18.7 Å². The van der Waals surface area contributed by atoms with E-state index in [1.54, 1.807) is 13.2 Å². The Hall–Kier alpha value is -1.98. The molecule has 0 amide bonds. The maximum Gasteiger partial charge on any atom is 0.173 e. The second-order valence-electron chi connectivity index (χ2n) is 4.86. The average Bonchev–Trinajstić information content (AvgIpc) is 2.56. The fourth-order valence-electron chi connectivity index (χ4n) is 1.88. The Bertz CT molecular complexity index is 667. The molecule has 2 rings (SSSR count). The summed E-state index contributed by atoms with van der Waals surface area (Å²) in [6.45, 7) is 1.13. The third-order valence-corrected chi connectivity index (χ3v) is 3.91. The van der Waals surface area contributed by atoms with Crippen LogP contribution in [0.25, 0.3) is 0 Å². The molecule has 0 heterocycles. The molecule has 0 aliphatic rings. The average molecular weight is 351 g/mol. The molecular formula is C17H19ClN2O2S. The second-order valence-corrected chi connectivity index (χ2v) is 5.66. The maximum atomic E-state index is 6.05. The lowest BCUT2D eigenvalue weighted by molar-refractivity contribution is 0.285. The van der Waals surface area contributed by atoms with Crippen LogP contribution in [0.4, 0.5) is 5.69 Å². The molecule has 23 heavy (non-hydrogen) atoms. The summed E-state index contributed by atoms with van der Waals surface area (Å²) < 4.78 is 10.9. The van der Waals surface area contributed by atoms with E-state index in [0.717, 1.165) is 11.4 Å². The van der Waals surface area contributed by atoms with Gasteiger partial charge >= 0.3 is 0 Å². The zero-order chi connectivity index (χ0) is 16.7. The zero-order valence-corrected chi connectivity index (χ0v) is 14.7. The van der Waals surface area contributed by atoms with Crippen molar-refractivity contribution in [3.05, 3.63) is 53.6 Å². The highest BCUT2D eigenvalue weighted by molar-refractivity contribution is 7.80. The van der Waals surface area contributed by atoms with Gasteiger partial charge in [-0.05, 0) is 36.5 Å². The lowest BCUT2D eigenvalue weighted by Crippen LogP contribution is -2.34. The van der Waals surface area contributed by atoms with E-state index in [9.17, 15) is 0 Å². The fourth-order valence-corrected chi connectivity index (χ4v) is 2.28. The summed E-state index contributed by atoms with van der Waals surface area (Å²) >= 11 is 11.4. The standard InChI is InChI=1S/C17H19ClN2O2S/c1-20(10-11-22-16-9-4-3-8-15(16)18)17(23)19-13-6-5-7-14(12-13)21-2/h3-9,12H,10-11H2,1-2H3,(H,19,23). The van der Waals surface area contributed by atoms with E-state index < -0.39 is 0 Å². The minimum atomic E-state index is 0.486. The van der Waals surface area contributed by atoms with E-state index in [4.69, 9.17) is 33.3 Å². The quantitative estimate of drug-likeness (QED) is 0.795. The summed E-state index contributed by atoms with van der Waals surface area (Å²) in [5.41, 5.74) is 0.883. The molecule has 6 heteroatoms. The number of anilines is 1. The van der Waals surface area contributed by atoms with Crippen molar-refractivity contribution in [1.29, 1.82) is 0 Å². The largest absolute Gasteiger partial charge is 0.497 e. The van der Waals surface area contributed by atoms with Gasteiger partial charge in [-0.1, -0.05) is 29.8 Å². The van der Waals surface area contributed by atoms with Gasteiger partial charge in [-0.3, -0.25) is 0 Å². The van der Waals surface area contributed by atoms with Crippen molar-refractivity contribution in [2.24, 2.45) is 0 Å². The van der Waals surface area contributed by atoms with Gasteiger partial charge in [-0.2, -0.15) is 0 Å². The third-order valence-electron chi connectivity index (χ3n) is 3.19. The molecule has 0 aliphatic heterocycles. The lowest BCUT2D eigenvalue weighted by atomic mass is 10.3. The number of para-hydroxylation sites is 1. The number of hydrogen-bond acceptors (Lipinski definition) is 3. The predicted octanol–water partition coefficient (Wildman–Crippen LogP) is 4.06. The Kier molecular flexibility index (Phi) is 6.50. The summed E-state index contributed by atoms with van der Waals surface area (Å²) in [6, 6.07) is 15.0. The number of thiocarbonyl (C=S) groups is 1. The van der Waals surface area contributed by atoms with E-state index >= 15 is 0 Å². The Morgan fingerprint density at radius 3 is 2.74 bits per heavy atom. The minimum absolute atomic E-state index is 0.486. The van der Waals surface area contributed by atoms with Crippen LogP contribution in [-0.2, 0) is 0 Å². The van der Waals surface area contributed by atoms with E-state index in [1.165, 1.54) is 0 Å². The summed E-state index contributed by atoms with van der Waals surface area (Å²) in [6.07, 6.45) is 0. The first-order chi connectivity index (χ1) is 11.1.